The van der Waals surface area contributed by atoms with Crippen LogP contribution in [0.25, 0.3) is 0 Å². The molecule has 0 spiro atoms. The summed E-state index contributed by atoms with van der Waals surface area (Å²) in [6.07, 6.45) is 2.43. The molecule has 0 heterocycles. The summed E-state index contributed by atoms with van der Waals surface area (Å²) < 4.78 is 4.89. The number of amides is 1. The number of carbonyl (C=O) groups excluding carboxylic acids is 1. The molecule has 0 aromatic carbocycles. The van der Waals surface area contributed by atoms with E-state index >= 15 is 0 Å². The minimum atomic E-state index is -0.404. The van der Waals surface area contributed by atoms with Gasteiger partial charge in [-0.25, -0.2) is 0 Å². The molecule has 0 aromatic heterocycles. The van der Waals surface area contributed by atoms with Crippen LogP contribution in [0.5, 0.6) is 0 Å². The zero-order valence-corrected chi connectivity index (χ0v) is 9.38. The highest BCUT2D eigenvalue weighted by atomic mass is 16.5. The van der Waals surface area contributed by atoms with Crippen LogP contribution in [0.2, 0.25) is 0 Å². The van der Waals surface area contributed by atoms with E-state index in [2.05, 4.69) is 5.32 Å². The van der Waals surface area contributed by atoms with E-state index in [0.717, 1.165) is 12.8 Å². The van der Waals surface area contributed by atoms with Crippen LogP contribution in [-0.4, -0.2) is 31.7 Å². The quantitative estimate of drug-likeness (QED) is 0.596. The number of methoxy groups -OCH3 is 1. The van der Waals surface area contributed by atoms with E-state index in [-0.39, 0.29) is 11.9 Å². The zero-order valence-electron chi connectivity index (χ0n) is 9.38. The zero-order chi connectivity index (χ0) is 11.0. The monoisotopic (exact) mass is 202 g/mol. The predicted molar refractivity (Wildman–Crippen MR) is 57.0 cm³/mol. The summed E-state index contributed by atoms with van der Waals surface area (Å²) in [5, 5.41) is 2.85. The van der Waals surface area contributed by atoms with Gasteiger partial charge in [0, 0.05) is 19.8 Å². The first kappa shape index (κ1) is 13.4. The highest BCUT2D eigenvalue weighted by Crippen LogP contribution is 1.96. The Balaban J connectivity index is 3.64. The molecule has 2 unspecified atom stereocenters. The van der Waals surface area contributed by atoms with E-state index in [1.54, 1.807) is 7.11 Å². The van der Waals surface area contributed by atoms with Gasteiger partial charge in [-0.3, -0.25) is 4.79 Å². The summed E-state index contributed by atoms with van der Waals surface area (Å²) in [5.41, 5.74) is 5.69. The maximum atomic E-state index is 11.4. The largest absolute Gasteiger partial charge is 0.385 e. The first-order chi connectivity index (χ1) is 6.61. The molecular weight excluding hydrogens is 180 g/mol. The molecule has 0 aliphatic carbocycles. The van der Waals surface area contributed by atoms with Gasteiger partial charge < -0.3 is 15.8 Å². The van der Waals surface area contributed by atoms with Gasteiger partial charge in [0.2, 0.25) is 5.91 Å². The van der Waals surface area contributed by atoms with E-state index in [9.17, 15) is 4.79 Å². The van der Waals surface area contributed by atoms with Crippen LogP contribution >= 0.6 is 0 Å². The third kappa shape index (κ3) is 5.94. The van der Waals surface area contributed by atoms with Gasteiger partial charge in [0.15, 0.2) is 0 Å². The smallest absolute Gasteiger partial charge is 0.237 e. The minimum Gasteiger partial charge on any atom is -0.385 e. The van der Waals surface area contributed by atoms with Crippen LogP contribution in [0.4, 0.5) is 0 Å². The first-order valence-electron chi connectivity index (χ1n) is 5.16. The number of ether oxygens (including phenoxy) is 1. The molecule has 0 aromatic rings. The Bertz CT molecular complexity index is 162. The van der Waals surface area contributed by atoms with Crippen molar-refractivity contribution in [3.63, 3.8) is 0 Å². The molecule has 0 saturated heterocycles. The number of rotatable bonds is 7. The molecule has 3 N–H and O–H groups in total. The summed E-state index contributed by atoms with van der Waals surface area (Å²) in [6.45, 7) is 4.66. The van der Waals surface area contributed by atoms with Crippen molar-refractivity contribution in [3.8, 4) is 0 Å². The van der Waals surface area contributed by atoms with Crippen LogP contribution in [0.15, 0.2) is 0 Å². The molecule has 4 nitrogen and oxygen atoms in total. The Hall–Kier alpha value is -0.610. The minimum absolute atomic E-state index is 0.0598. The van der Waals surface area contributed by atoms with E-state index < -0.39 is 6.04 Å². The Morgan fingerprint density at radius 2 is 2.21 bits per heavy atom. The molecule has 4 heteroatoms. The van der Waals surface area contributed by atoms with Crippen LogP contribution in [0, 0.1) is 0 Å². The lowest BCUT2D eigenvalue weighted by Crippen LogP contribution is -2.44. The summed E-state index contributed by atoms with van der Waals surface area (Å²) in [5.74, 6) is -0.0598. The Morgan fingerprint density at radius 3 is 2.71 bits per heavy atom. The lowest BCUT2D eigenvalue weighted by Gasteiger charge is -2.15. The predicted octanol–water partition coefficient (Wildman–Crippen LogP) is 0.655. The second-order valence-corrected chi connectivity index (χ2v) is 3.56. The van der Waals surface area contributed by atoms with Gasteiger partial charge in [-0.05, 0) is 26.2 Å². The second-order valence-electron chi connectivity index (χ2n) is 3.56. The van der Waals surface area contributed by atoms with Crippen molar-refractivity contribution in [1.82, 2.24) is 5.32 Å². The molecule has 0 aliphatic heterocycles. The number of hydrogen-bond acceptors (Lipinski definition) is 3. The first-order valence-corrected chi connectivity index (χ1v) is 5.16. The normalized spacial score (nSPS) is 14.9. The van der Waals surface area contributed by atoms with Gasteiger partial charge in [-0.15, -0.1) is 0 Å². The van der Waals surface area contributed by atoms with Crippen molar-refractivity contribution in [1.29, 1.82) is 0 Å². The average molecular weight is 202 g/mol. The summed E-state index contributed by atoms with van der Waals surface area (Å²) in [7, 11) is 1.64. The van der Waals surface area contributed by atoms with Gasteiger partial charge in [0.25, 0.3) is 0 Å². The molecule has 0 radical (unpaired) electrons. The third-order valence-corrected chi connectivity index (χ3v) is 2.20. The third-order valence-electron chi connectivity index (χ3n) is 2.20. The van der Waals surface area contributed by atoms with Gasteiger partial charge >= 0.3 is 0 Å². The van der Waals surface area contributed by atoms with Crippen LogP contribution in [0.3, 0.4) is 0 Å². The Kier molecular flexibility index (Phi) is 7.42. The summed E-state index contributed by atoms with van der Waals surface area (Å²) in [4.78, 5) is 11.4. The van der Waals surface area contributed by atoms with Crippen LogP contribution in [0.1, 0.15) is 33.1 Å². The molecule has 0 aliphatic rings. The SMILES string of the molecule is CCC(C)NC(=O)C(N)CCCOC. The molecule has 2 atom stereocenters. The van der Waals surface area contributed by atoms with Crippen molar-refractivity contribution in [2.45, 2.75) is 45.2 Å². The molecule has 0 saturated carbocycles. The molecule has 0 fully saturated rings. The second kappa shape index (κ2) is 7.76. The molecule has 0 rings (SSSR count). The van der Waals surface area contributed by atoms with Gasteiger partial charge in [-0.2, -0.15) is 0 Å². The molecule has 14 heavy (non-hydrogen) atoms. The molecule has 0 bridgehead atoms. The Morgan fingerprint density at radius 1 is 1.57 bits per heavy atom. The fourth-order valence-electron chi connectivity index (χ4n) is 1.03. The van der Waals surface area contributed by atoms with Crippen molar-refractivity contribution in [2.75, 3.05) is 13.7 Å². The molecular formula is C10H22N2O2. The highest BCUT2D eigenvalue weighted by molar-refractivity contribution is 5.81. The van der Waals surface area contributed by atoms with Crippen molar-refractivity contribution < 1.29 is 9.53 Å². The highest BCUT2D eigenvalue weighted by Gasteiger charge is 2.14. The lowest BCUT2D eigenvalue weighted by atomic mass is 10.1. The fourth-order valence-corrected chi connectivity index (χ4v) is 1.03. The van der Waals surface area contributed by atoms with Crippen LogP contribution < -0.4 is 11.1 Å². The topological polar surface area (TPSA) is 64.4 Å². The molecule has 84 valence electrons. The maximum absolute atomic E-state index is 11.4. The number of hydrogen-bond donors (Lipinski definition) is 2. The molecule has 1 amide bonds. The van der Waals surface area contributed by atoms with Crippen LogP contribution in [-0.2, 0) is 9.53 Å². The maximum Gasteiger partial charge on any atom is 0.237 e. The van der Waals surface area contributed by atoms with Gasteiger partial charge in [0.1, 0.15) is 0 Å². The van der Waals surface area contributed by atoms with Crippen molar-refractivity contribution in [3.05, 3.63) is 0 Å². The van der Waals surface area contributed by atoms with Gasteiger partial charge in [0.05, 0.1) is 6.04 Å². The van der Waals surface area contributed by atoms with E-state index in [1.807, 2.05) is 13.8 Å². The average Bonchev–Trinajstić information content (AvgIpc) is 2.17. The van der Waals surface area contributed by atoms with Gasteiger partial charge in [-0.1, -0.05) is 6.92 Å². The van der Waals surface area contributed by atoms with Crippen molar-refractivity contribution >= 4 is 5.91 Å². The Labute approximate surface area is 86.2 Å². The van der Waals surface area contributed by atoms with Crippen molar-refractivity contribution in [2.24, 2.45) is 5.73 Å². The summed E-state index contributed by atoms with van der Waals surface area (Å²) in [6, 6.07) is -0.199. The van der Waals surface area contributed by atoms with E-state index in [1.165, 1.54) is 0 Å². The number of nitrogens with one attached hydrogen (secondary N) is 1. The number of carbonyl (C=O) groups is 1. The number of nitrogens with two attached hydrogens (primary N) is 1. The fraction of sp³-hybridized carbons (Fsp3) is 0.900. The van der Waals surface area contributed by atoms with E-state index in [4.69, 9.17) is 10.5 Å². The van der Waals surface area contributed by atoms with E-state index in [0.29, 0.717) is 13.0 Å². The summed E-state index contributed by atoms with van der Waals surface area (Å²) >= 11 is 0. The lowest BCUT2D eigenvalue weighted by molar-refractivity contribution is -0.123. The standard InChI is InChI=1S/C10H22N2O2/c1-4-8(2)12-10(13)9(11)6-5-7-14-3/h8-9H,4-7,11H2,1-3H3,(H,12,13).